The Labute approximate surface area is 186 Å². The Morgan fingerprint density at radius 1 is 1.16 bits per heavy atom. The number of amides is 1. The van der Waals surface area contributed by atoms with Gasteiger partial charge in [-0.05, 0) is 68.0 Å². The van der Waals surface area contributed by atoms with Crippen molar-refractivity contribution in [1.29, 1.82) is 0 Å². The van der Waals surface area contributed by atoms with Crippen molar-refractivity contribution in [2.75, 3.05) is 32.8 Å². The molecule has 1 atom stereocenters. The highest BCUT2D eigenvalue weighted by Crippen LogP contribution is 2.35. The number of rotatable bonds is 7. The molecule has 2 aliphatic heterocycles. The molecule has 2 aromatic rings. The largest absolute Gasteiger partial charge is 0.381 e. The molecule has 1 N–H and O–H groups in total. The molecule has 0 unspecified atom stereocenters. The zero-order valence-corrected chi connectivity index (χ0v) is 18.7. The Hall–Kier alpha value is -2.24. The molecule has 0 saturated carbocycles. The van der Waals surface area contributed by atoms with Crippen molar-refractivity contribution in [2.45, 2.75) is 51.5 Å². The van der Waals surface area contributed by atoms with E-state index in [1.807, 2.05) is 12.3 Å². The fourth-order valence-corrected chi connectivity index (χ4v) is 5.09. The minimum atomic E-state index is -0.375. The van der Waals surface area contributed by atoms with Crippen molar-refractivity contribution in [2.24, 2.45) is 5.41 Å². The first-order valence-electron chi connectivity index (χ1n) is 11.8. The average molecular weight is 422 g/mol. The third-order valence-corrected chi connectivity index (χ3v) is 7.08. The molecule has 0 spiro atoms. The van der Waals surface area contributed by atoms with Crippen LogP contribution in [-0.2, 0) is 16.0 Å². The standard InChI is InChI=1S/C26H35N3O2/c1-2-29-15-4-3-7-24(29)20-28-25(30)26(12-16-31-17-13-26)18-21-8-10-22(11-9-21)23-6-5-14-27-19-23/h5-6,8-11,14,19,24H,2-4,7,12-13,15-18,20H2,1H3,(H,28,30)/t24-/m1/s1. The number of nitrogens with zero attached hydrogens (tertiary/aromatic N) is 2. The van der Waals surface area contributed by atoms with Gasteiger partial charge >= 0.3 is 0 Å². The highest BCUT2D eigenvalue weighted by molar-refractivity contribution is 5.83. The minimum absolute atomic E-state index is 0.203. The first kappa shape index (κ1) is 22.0. The van der Waals surface area contributed by atoms with Crippen LogP contribution in [0, 0.1) is 5.41 Å². The molecule has 4 rings (SSSR count). The first-order valence-corrected chi connectivity index (χ1v) is 11.8. The van der Waals surface area contributed by atoms with Gasteiger partial charge in [0.25, 0.3) is 0 Å². The van der Waals surface area contributed by atoms with Crippen LogP contribution in [-0.4, -0.2) is 54.7 Å². The number of hydrogen-bond acceptors (Lipinski definition) is 4. The number of likely N-dealkylation sites (tertiary alicyclic amines) is 1. The fraction of sp³-hybridized carbons (Fsp3) is 0.538. The smallest absolute Gasteiger partial charge is 0.226 e. The summed E-state index contributed by atoms with van der Waals surface area (Å²) in [5, 5.41) is 3.34. The number of piperidine rings is 1. The van der Waals surface area contributed by atoms with Crippen LogP contribution in [0.4, 0.5) is 0 Å². The maximum Gasteiger partial charge on any atom is 0.226 e. The predicted octanol–water partition coefficient (Wildman–Crippen LogP) is 4.08. The van der Waals surface area contributed by atoms with Crippen molar-refractivity contribution in [1.82, 2.24) is 15.2 Å². The Morgan fingerprint density at radius 3 is 2.68 bits per heavy atom. The van der Waals surface area contributed by atoms with Crippen LogP contribution >= 0.6 is 0 Å². The average Bonchev–Trinajstić information content (AvgIpc) is 2.84. The SMILES string of the molecule is CCN1CCCC[C@@H]1CNC(=O)C1(Cc2ccc(-c3cccnc3)cc2)CCOCC1. The molecule has 0 aliphatic carbocycles. The maximum atomic E-state index is 13.5. The first-order chi connectivity index (χ1) is 15.2. The molecular formula is C26H35N3O2. The lowest BCUT2D eigenvalue weighted by Gasteiger charge is -2.38. The monoisotopic (exact) mass is 421 g/mol. The van der Waals surface area contributed by atoms with Gasteiger partial charge < -0.3 is 10.1 Å². The van der Waals surface area contributed by atoms with Crippen LogP contribution in [0.1, 0.15) is 44.6 Å². The van der Waals surface area contributed by atoms with E-state index in [9.17, 15) is 4.79 Å². The number of benzene rings is 1. The van der Waals surface area contributed by atoms with E-state index in [4.69, 9.17) is 4.74 Å². The highest BCUT2D eigenvalue weighted by Gasteiger charge is 2.40. The van der Waals surface area contributed by atoms with Gasteiger partial charge in [-0.2, -0.15) is 0 Å². The van der Waals surface area contributed by atoms with E-state index in [1.54, 1.807) is 6.20 Å². The molecule has 166 valence electrons. The Balaban J connectivity index is 1.44. The molecule has 2 aliphatic rings. The highest BCUT2D eigenvalue weighted by atomic mass is 16.5. The second kappa shape index (κ2) is 10.4. The summed E-state index contributed by atoms with van der Waals surface area (Å²) in [5.41, 5.74) is 3.09. The third kappa shape index (κ3) is 5.34. The van der Waals surface area contributed by atoms with E-state index in [-0.39, 0.29) is 11.3 Å². The third-order valence-electron chi connectivity index (χ3n) is 7.08. The zero-order chi connectivity index (χ0) is 21.5. The second-order valence-electron chi connectivity index (χ2n) is 9.00. The Kier molecular flexibility index (Phi) is 7.36. The zero-order valence-electron chi connectivity index (χ0n) is 18.7. The number of carbonyl (C=O) groups is 1. The van der Waals surface area contributed by atoms with Gasteiger partial charge in [-0.15, -0.1) is 0 Å². The number of pyridine rings is 1. The Bertz CT molecular complexity index is 831. The summed E-state index contributed by atoms with van der Waals surface area (Å²) >= 11 is 0. The van der Waals surface area contributed by atoms with Gasteiger partial charge in [-0.3, -0.25) is 14.7 Å². The lowest BCUT2D eigenvalue weighted by Crippen LogP contribution is -2.51. The van der Waals surface area contributed by atoms with Crippen LogP contribution in [0.3, 0.4) is 0 Å². The molecule has 5 heteroatoms. The van der Waals surface area contributed by atoms with Crippen molar-refractivity contribution in [3.8, 4) is 11.1 Å². The number of hydrogen-bond donors (Lipinski definition) is 1. The molecule has 2 fully saturated rings. The van der Waals surface area contributed by atoms with E-state index >= 15 is 0 Å². The van der Waals surface area contributed by atoms with Crippen molar-refractivity contribution in [3.05, 3.63) is 54.4 Å². The number of carbonyl (C=O) groups excluding carboxylic acids is 1. The van der Waals surface area contributed by atoms with E-state index in [0.29, 0.717) is 19.3 Å². The van der Waals surface area contributed by atoms with Crippen molar-refractivity contribution < 1.29 is 9.53 Å². The molecule has 1 aromatic carbocycles. The van der Waals surface area contributed by atoms with E-state index in [2.05, 4.69) is 52.5 Å². The fourth-order valence-electron chi connectivity index (χ4n) is 5.09. The maximum absolute atomic E-state index is 13.5. The van der Waals surface area contributed by atoms with E-state index in [0.717, 1.165) is 50.0 Å². The number of ether oxygens (including phenoxy) is 1. The topological polar surface area (TPSA) is 54.5 Å². The molecule has 1 aromatic heterocycles. The number of nitrogens with one attached hydrogen (secondary N) is 1. The molecule has 31 heavy (non-hydrogen) atoms. The lowest BCUT2D eigenvalue weighted by atomic mass is 9.74. The van der Waals surface area contributed by atoms with Crippen LogP contribution in [0.5, 0.6) is 0 Å². The number of aromatic nitrogens is 1. The van der Waals surface area contributed by atoms with Gasteiger partial charge in [0.1, 0.15) is 0 Å². The lowest BCUT2D eigenvalue weighted by molar-refractivity contribution is -0.137. The summed E-state index contributed by atoms with van der Waals surface area (Å²) in [4.78, 5) is 20.2. The molecule has 5 nitrogen and oxygen atoms in total. The van der Waals surface area contributed by atoms with Crippen molar-refractivity contribution >= 4 is 5.91 Å². The molecule has 2 saturated heterocycles. The summed E-state index contributed by atoms with van der Waals surface area (Å²) in [6.45, 7) is 6.50. The van der Waals surface area contributed by atoms with Gasteiger partial charge in [-0.25, -0.2) is 0 Å². The van der Waals surface area contributed by atoms with Gasteiger partial charge in [0.15, 0.2) is 0 Å². The summed E-state index contributed by atoms with van der Waals surface area (Å²) in [7, 11) is 0. The summed E-state index contributed by atoms with van der Waals surface area (Å²) in [5.74, 6) is 0.203. The van der Waals surface area contributed by atoms with Crippen LogP contribution in [0.2, 0.25) is 0 Å². The molecule has 0 radical (unpaired) electrons. The normalized spacial score (nSPS) is 21.5. The molecule has 0 bridgehead atoms. The summed E-state index contributed by atoms with van der Waals surface area (Å²) in [6.07, 6.45) is 9.72. The van der Waals surface area contributed by atoms with Gasteiger partial charge in [0.05, 0.1) is 5.41 Å². The molecular weight excluding hydrogens is 386 g/mol. The predicted molar refractivity (Wildman–Crippen MR) is 124 cm³/mol. The quantitative estimate of drug-likeness (QED) is 0.732. The molecule has 3 heterocycles. The van der Waals surface area contributed by atoms with E-state index in [1.165, 1.54) is 24.8 Å². The number of likely N-dealkylation sites (N-methyl/N-ethyl adjacent to an activating group) is 1. The minimum Gasteiger partial charge on any atom is -0.381 e. The van der Waals surface area contributed by atoms with Gasteiger partial charge in [0.2, 0.25) is 5.91 Å². The van der Waals surface area contributed by atoms with Crippen molar-refractivity contribution in [3.63, 3.8) is 0 Å². The molecule has 1 amide bonds. The van der Waals surface area contributed by atoms with Gasteiger partial charge in [0, 0.05) is 38.2 Å². The van der Waals surface area contributed by atoms with Crippen LogP contribution in [0.25, 0.3) is 11.1 Å². The van der Waals surface area contributed by atoms with Crippen LogP contribution < -0.4 is 5.32 Å². The van der Waals surface area contributed by atoms with Gasteiger partial charge in [-0.1, -0.05) is 43.7 Å². The summed E-state index contributed by atoms with van der Waals surface area (Å²) in [6, 6.07) is 13.1. The Morgan fingerprint density at radius 2 is 1.97 bits per heavy atom. The second-order valence-corrected chi connectivity index (χ2v) is 9.00. The van der Waals surface area contributed by atoms with Crippen LogP contribution in [0.15, 0.2) is 48.8 Å². The summed E-state index contributed by atoms with van der Waals surface area (Å²) < 4.78 is 5.62. The van der Waals surface area contributed by atoms with E-state index < -0.39 is 0 Å².